The Hall–Kier alpha value is -0.515. The van der Waals surface area contributed by atoms with Crippen LogP contribution in [0.15, 0.2) is 24.3 Å². The van der Waals surface area contributed by atoms with Gasteiger partial charge in [-0.15, -0.1) is 0 Å². The highest BCUT2D eigenvalue weighted by Gasteiger charge is 2.51. The van der Waals surface area contributed by atoms with Crippen LogP contribution in [0.25, 0.3) is 0 Å². The number of halogens is 1. The molecule has 1 aliphatic heterocycles. The summed E-state index contributed by atoms with van der Waals surface area (Å²) >= 11 is 3.42. The predicted molar refractivity (Wildman–Crippen MR) is 90.7 cm³/mol. The Labute approximate surface area is 136 Å². The summed E-state index contributed by atoms with van der Waals surface area (Å²) in [6.07, 6.45) is 2.19. The highest BCUT2D eigenvalue weighted by Crippen LogP contribution is 2.36. The van der Waals surface area contributed by atoms with E-state index in [0.717, 1.165) is 36.0 Å². The number of unbranched alkanes of at least 4 members (excludes halogenated alkanes) is 1. The molecule has 0 amide bonds. The van der Waals surface area contributed by atoms with Gasteiger partial charge in [-0.25, -0.2) is 0 Å². The molecule has 0 N–H and O–H groups in total. The van der Waals surface area contributed by atoms with Gasteiger partial charge in [0.1, 0.15) is 5.75 Å². The highest BCUT2D eigenvalue weighted by molar-refractivity contribution is 9.09. The largest absolute Gasteiger partial charge is 0.494 e. The Morgan fingerprint density at radius 1 is 1.00 bits per heavy atom. The van der Waals surface area contributed by atoms with E-state index in [4.69, 9.17) is 14.0 Å². The van der Waals surface area contributed by atoms with Crippen LogP contribution >= 0.6 is 15.9 Å². The van der Waals surface area contributed by atoms with Crippen LogP contribution in [0.4, 0.5) is 0 Å². The molecule has 5 heteroatoms. The zero-order valence-corrected chi connectivity index (χ0v) is 14.9. The summed E-state index contributed by atoms with van der Waals surface area (Å²) in [5.41, 5.74) is 0.423. The van der Waals surface area contributed by atoms with Gasteiger partial charge in [0.25, 0.3) is 0 Å². The van der Waals surface area contributed by atoms with Crippen LogP contribution < -0.4 is 10.2 Å². The number of alkyl halides is 1. The van der Waals surface area contributed by atoms with E-state index in [0.29, 0.717) is 0 Å². The van der Waals surface area contributed by atoms with Crippen molar-refractivity contribution in [2.75, 3.05) is 11.9 Å². The summed E-state index contributed by atoms with van der Waals surface area (Å²) < 4.78 is 17.8. The highest BCUT2D eigenvalue weighted by atomic mass is 79.9. The lowest BCUT2D eigenvalue weighted by Gasteiger charge is -2.32. The third-order valence-corrected chi connectivity index (χ3v) is 4.76. The summed E-state index contributed by atoms with van der Waals surface area (Å²) in [6, 6.07) is 7.99. The van der Waals surface area contributed by atoms with Crippen molar-refractivity contribution in [1.29, 1.82) is 0 Å². The third-order valence-electron chi connectivity index (χ3n) is 4.20. The van der Waals surface area contributed by atoms with E-state index < -0.39 is 0 Å². The third kappa shape index (κ3) is 4.02. The van der Waals surface area contributed by atoms with Crippen molar-refractivity contribution in [2.45, 2.75) is 51.7 Å². The average molecular weight is 355 g/mol. The molecule has 3 nitrogen and oxygen atoms in total. The Morgan fingerprint density at radius 2 is 1.57 bits per heavy atom. The number of rotatable bonds is 6. The molecule has 116 valence electrons. The maximum absolute atomic E-state index is 6.03. The molecule has 0 saturated carbocycles. The van der Waals surface area contributed by atoms with E-state index in [1.165, 1.54) is 0 Å². The monoisotopic (exact) mass is 354 g/mol. The van der Waals surface area contributed by atoms with Crippen LogP contribution in [0.1, 0.15) is 40.5 Å². The molecule has 0 unspecified atom stereocenters. The van der Waals surface area contributed by atoms with E-state index in [1.54, 1.807) is 0 Å². The van der Waals surface area contributed by atoms with Crippen LogP contribution in [0.2, 0.25) is 0 Å². The zero-order valence-electron chi connectivity index (χ0n) is 13.3. The summed E-state index contributed by atoms with van der Waals surface area (Å²) in [4.78, 5) is 0. The van der Waals surface area contributed by atoms with Crippen molar-refractivity contribution in [1.82, 2.24) is 0 Å². The molecule has 0 aromatic heterocycles. The van der Waals surface area contributed by atoms with E-state index in [1.807, 2.05) is 24.3 Å². The summed E-state index contributed by atoms with van der Waals surface area (Å²) in [5, 5.41) is 1.03. The second-order valence-corrected chi connectivity index (χ2v) is 7.19. The van der Waals surface area contributed by atoms with Crippen LogP contribution in [0.3, 0.4) is 0 Å². The number of ether oxygens (including phenoxy) is 1. The fraction of sp³-hybridized carbons (Fsp3) is 0.625. The van der Waals surface area contributed by atoms with Crippen molar-refractivity contribution in [3.8, 4) is 5.75 Å². The lowest BCUT2D eigenvalue weighted by Crippen LogP contribution is -2.41. The minimum Gasteiger partial charge on any atom is -0.494 e. The van der Waals surface area contributed by atoms with Gasteiger partial charge < -0.3 is 14.0 Å². The van der Waals surface area contributed by atoms with E-state index in [9.17, 15) is 0 Å². The second-order valence-electron chi connectivity index (χ2n) is 6.40. The van der Waals surface area contributed by atoms with Crippen molar-refractivity contribution in [3.05, 3.63) is 24.3 Å². The molecule has 1 aliphatic rings. The first kappa shape index (κ1) is 16.8. The first-order valence-corrected chi connectivity index (χ1v) is 8.62. The standard InChI is InChI=1S/C16H24BBrO3/c1-15(2)16(3,4)21-17(20-15)13-7-9-14(10-8-13)19-12-6-5-11-18/h7-10H,5-6,11-12H2,1-4H3. The molecule has 1 aromatic carbocycles. The summed E-state index contributed by atoms with van der Waals surface area (Å²) in [5.74, 6) is 0.893. The van der Waals surface area contributed by atoms with Crippen molar-refractivity contribution >= 4 is 28.5 Å². The molecular weight excluding hydrogens is 331 g/mol. The Kier molecular flexibility index (Phi) is 5.39. The topological polar surface area (TPSA) is 27.7 Å². The van der Waals surface area contributed by atoms with Gasteiger partial charge >= 0.3 is 7.12 Å². The molecule has 0 aliphatic carbocycles. The number of benzene rings is 1. The van der Waals surface area contributed by atoms with Crippen LogP contribution in [-0.2, 0) is 9.31 Å². The Bertz CT molecular complexity index is 443. The van der Waals surface area contributed by atoms with Crippen molar-refractivity contribution < 1.29 is 14.0 Å². The maximum Gasteiger partial charge on any atom is 0.494 e. The van der Waals surface area contributed by atoms with Gasteiger partial charge in [-0.1, -0.05) is 28.1 Å². The van der Waals surface area contributed by atoms with E-state index in [-0.39, 0.29) is 18.3 Å². The Balaban J connectivity index is 1.94. The molecule has 21 heavy (non-hydrogen) atoms. The van der Waals surface area contributed by atoms with Crippen LogP contribution in [0, 0.1) is 0 Å². The van der Waals surface area contributed by atoms with Gasteiger partial charge in [0.15, 0.2) is 0 Å². The first-order chi connectivity index (χ1) is 9.86. The fourth-order valence-corrected chi connectivity index (χ4v) is 2.48. The molecule has 1 aromatic rings. The minimum absolute atomic E-state index is 0.303. The normalized spacial score (nSPS) is 19.8. The van der Waals surface area contributed by atoms with E-state index in [2.05, 4.69) is 43.6 Å². The number of hydrogen-bond donors (Lipinski definition) is 0. The quantitative estimate of drug-likeness (QED) is 0.444. The molecule has 0 atom stereocenters. The van der Waals surface area contributed by atoms with Gasteiger partial charge in [-0.3, -0.25) is 0 Å². The molecule has 2 rings (SSSR count). The molecule has 1 heterocycles. The number of hydrogen-bond acceptors (Lipinski definition) is 3. The fourth-order valence-electron chi connectivity index (χ4n) is 2.09. The molecule has 0 bridgehead atoms. The SMILES string of the molecule is CC1(C)OB(c2ccc(OCCCCBr)cc2)OC1(C)C. The van der Waals surface area contributed by atoms with Gasteiger partial charge in [0, 0.05) is 5.33 Å². The van der Waals surface area contributed by atoms with Gasteiger partial charge in [-0.2, -0.15) is 0 Å². The lowest BCUT2D eigenvalue weighted by molar-refractivity contribution is 0.00578. The zero-order chi connectivity index (χ0) is 15.5. The molecule has 0 radical (unpaired) electrons. The van der Waals surface area contributed by atoms with E-state index >= 15 is 0 Å². The average Bonchev–Trinajstić information content (AvgIpc) is 2.64. The van der Waals surface area contributed by atoms with Crippen LogP contribution in [0.5, 0.6) is 5.75 Å². The first-order valence-electron chi connectivity index (χ1n) is 7.50. The van der Waals surface area contributed by atoms with Crippen LogP contribution in [-0.4, -0.2) is 30.3 Å². The second kappa shape index (κ2) is 6.72. The minimum atomic E-state index is -0.308. The molecule has 0 spiro atoms. The van der Waals surface area contributed by atoms with Gasteiger partial charge in [0.05, 0.1) is 17.8 Å². The molecule has 1 fully saturated rings. The lowest BCUT2D eigenvalue weighted by atomic mass is 9.79. The molecular formula is C16H24BBrO3. The van der Waals surface area contributed by atoms with Crippen molar-refractivity contribution in [3.63, 3.8) is 0 Å². The maximum atomic E-state index is 6.03. The van der Waals surface area contributed by atoms with Crippen molar-refractivity contribution in [2.24, 2.45) is 0 Å². The molecule has 1 saturated heterocycles. The van der Waals surface area contributed by atoms with Gasteiger partial charge in [0.2, 0.25) is 0 Å². The van der Waals surface area contributed by atoms with Gasteiger partial charge in [-0.05, 0) is 58.1 Å². The summed E-state index contributed by atoms with van der Waals surface area (Å²) in [7, 11) is -0.308. The smallest absolute Gasteiger partial charge is 0.494 e. The summed E-state index contributed by atoms with van der Waals surface area (Å²) in [6.45, 7) is 9.01. The predicted octanol–water partition coefficient (Wildman–Crippen LogP) is 3.54. The Morgan fingerprint density at radius 3 is 2.10 bits per heavy atom.